The maximum atomic E-state index is 11.2. The average Bonchev–Trinajstić information content (AvgIpc) is 2.34. The molecule has 0 aliphatic rings. The van der Waals surface area contributed by atoms with E-state index in [-0.39, 0.29) is 13.2 Å². The number of nitrogens with one attached hydrogen (secondary N) is 1. The number of nitrogens with two attached hydrogens (primary N) is 1. The highest BCUT2D eigenvalue weighted by Crippen LogP contribution is 1.98. The summed E-state index contributed by atoms with van der Waals surface area (Å²) in [6.07, 6.45) is 2.32. The second-order valence-corrected chi connectivity index (χ2v) is 3.21. The van der Waals surface area contributed by atoms with Gasteiger partial charge in [-0.15, -0.1) is 0 Å². The molecule has 1 rings (SSSR count). The van der Waals surface area contributed by atoms with Crippen molar-refractivity contribution in [1.82, 2.24) is 10.3 Å². The van der Waals surface area contributed by atoms with Gasteiger partial charge in [-0.05, 0) is 6.07 Å². The number of alkyl carbamates (subject to hydrolysis) is 1. The molecule has 1 unspecified atom stereocenters. The lowest BCUT2D eigenvalue weighted by Crippen LogP contribution is -2.45. The molecule has 7 nitrogen and oxygen atoms in total. The number of ether oxygens (including phenoxy) is 1. The van der Waals surface area contributed by atoms with Gasteiger partial charge in [-0.1, -0.05) is 6.07 Å². The van der Waals surface area contributed by atoms with Gasteiger partial charge in [0.05, 0.1) is 0 Å². The van der Waals surface area contributed by atoms with Crippen LogP contribution in [-0.2, 0) is 16.1 Å². The molecule has 92 valence electrons. The van der Waals surface area contributed by atoms with Crippen LogP contribution in [0.1, 0.15) is 5.56 Å². The summed E-state index contributed by atoms with van der Waals surface area (Å²) in [4.78, 5) is 25.6. The number of carboxylic acids is 1. The summed E-state index contributed by atoms with van der Waals surface area (Å²) in [6.45, 7) is -0.173. The van der Waals surface area contributed by atoms with Crippen LogP contribution in [0, 0.1) is 0 Å². The van der Waals surface area contributed by atoms with Crippen molar-refractivity contribution in [1.29, 1.82) is 0 Å². The van der Waals surface area contributed by atoms with E-state index in [1.165, 1.54) is 0 Å². The Balaban J connectivity index is 2.37. The SMILES string of the molecule is NCC(NC(=O)OCc1cccnc1)C(=O)O. The minimum atomic E-state index is -1.20. The highest BCUT2D eigenvalue weighted by atomic mass is 16.5. The third-order valence-corrected chi connectivity index (χ3v) is 1.92. The van der Waals surface area contributed by atoms with Gasteiger partial charge in [0, 0.05) is 24.5 Å². The van der Waals surface area contributed by atoms with Crippen molar-refractivity contribution in [3.05, 3.63) is 30.1 Å². The number of hydrogen-bond donors (Lipinski definition) is 3. The second kappa shape index (κ2) is 6.44. The van der Waals surface area contributed by atoms with E-state index in [4.69, 9.17) is 15.6 Å². The summed E-state index contributed by atoms with van der Waals surface area (Å²) >= 11 is 0. The van der Waals surface area contributed by atoms with Gasteiger partial charge in [0.25, 0.3) is 0 Å². The third kappa shape index (κ3) is 4.47. The second-order valence-electron chi connectivity index (χ2n) is 3.21. The number of carbonyl (C=O) groups is 2. The van der Waals surface area contributed by atoms with Crippen LogP contribution in [0.4, 0.5) is 4.79 Å². The maximum absolute atomic E-state index is 11.2. The first-order valence-electron chi connectivity index (χ1n) is 4.88. The van der Waals surface area contributed by atoms with Crippen LogP contribution in [0.25, 0.3) is 0 Å². The quantitative estimate of drug-likeness (QED) is 0.651. The molecule has 0 saturated heterocycles. The van der Waals surface area contributed by atoms with E-state index in [1.54, 1.807) is 24.5 Å². The van der Waals surface area contributed by atoms with Crippen LogP contribution in [0.2, 0.25) is 0 Å². The summed E-state index contributed by atoms with van der Waals surface area (Å²) < 4.78 is 4.80. The van der Waals surface area contributed by atoms with E-state index in [9.17, 15) is 9.59 Å². The van der Waals surface area contributed by atoms with Gasteiger partial charge in [0.15, 0.2) is 0 Å². The molecule has 0 aliphatic heterocycles. The van der Waals surface area contributed by atoms with Crippen LogP contribution in [-0.4, -0.2) is 34.7 Å². The zero-order chi connectivity index (χ0) is 12.7. The van der Waals surface area contributed by atoms with E-state index in [2.05, 4.69) is 10.3 Å². The highest BCUT2D eigenvalue weighted by Gasteiger charge is 2.18. The van der Waals surface area contributed by atoms with E-state index >= 15 is 0 Å². The molecule has 1 amide bonds. The lowest BCUT2D eigenvalue weighted by atomic mass is 10.3. The van der Waals surface area contributed by atoms with Crippen LogP contribution in [0.5, 0.6) is 0 Å². The third-order valence-electron chi connectivity index (χ3n) is 1.92. The van der Waals surface area contributed by atoms with Crippen molar-refractivity contribution < 1.29 is 19.4 Å². The molecule has 1 aromatic heterocycles. The monoisotopic (exact) mass is 239 g/mol. The largest absolute Gasteiger partial charge is 0.480 e. The summed E-state index contributed by atoms with van der Waals surface area (Å²) in [6, 6.07) is 2.30. The van der Waals surface area contributed by atoms with Crippen LogP contribution in [0.3, 0.4) is 0 Å². The fourth-order valence-electron chi connectivity index (χ4n) is 1.04. The van der Waals surface area contributed by atoms with Gasteiger partial charge in [-0.3, -0.25) is 4.98 Å². The molecule has 0 spiro atoms. The lowest BCUT2D eigenvalue weighted by molar-refractivity contribution is -0.139. The normalized spacial score (nSPS) is 11.6. The predicted molar refractivity (Wildman–Crippen MR) is 58.0 cm³/mol. The standard InChI is InChI=1S/C10H13N3O4/c11-4-8(9(14)15)13-10(16)17-6-7-2-1-3-12-5-7/h1-3,5,8H,4,6,11H2,(H,13,16)(H,14,15). The molecule has 7 heteroatoms. The first kappa shape index (κ1) is 12.9. The van der Waals surface area contributed by atoms with Gasteiger partial charge < -0.3 is 20.9 Å². The summed E-state index contributed by atoms with van der Waals surface area (Å²) in [5.74, 6) is -1.20. The zero-order valence-corrected chi connectivity index (χ0v) is 9.00. The van der Waals surface area contributed by atoms with Crippen LogP contribution < -0.4 is 11.1 Å². The summed E-state index contributed by atoms with van der Waals surface area (Å²) in [7, 11) is 0. The van der Waals surface area contributed by atoms with Crippen molar-refractivity contribution in [2.75, 3.05) is 6.54 Å². The Hall–Kier alpha value is -2.15. The topological polar surface area (TPSA) is 115 Å². The van der Waals surface area contributed by atoms with Gasteiger partial charge in [0.1, 0.15) is 12.6 Å². The number of rotatable bonds is 5. The molecule has 1 atom stereocenters. The van der Waals surface area contributed by atoms with Crippen molar-refractivity contribution in [2.24, 2.45) is 5.73 Å². The Kier molecular flexibility index (Phi) is 4.89. The molecule has 1 heterocycles. The molecule has 1 aromatic rings. The fraction of sp³-hybridized carbons (Fsp3) is 0.300. The van der Waals surface area contributed by atoms with Crippen molar-refractivity contribution in [2.45, 2.75) is 12.6 Å². The van der Waals surface area contributed by atoms with Gasteiger partial charge in [-0.25, -0.2) is 9.59 Å². The van der Waals surface area contributed by atoms with E-state index < -0.39 is 18.1 Å². The van der Waals surface area contributed by atoms with E-state index in [0.717, 1.165) is 0 Å². The molecule has 17 heavy (non-hydrogen) atoms. The predicted octanol–water partition coefficient (Wildman–Crippen LogP) is -0.280. The van der Waals surface area contributed by atoms with Gasteiger partial charge >= 0.3 is 12.1 Å². The number of nitrogens with zero attached hydrogens (tertiary/aromatic N) is 1. The summed E-state index contributed by atoms with van der Waals surface area (Å²) in [5.41, 5.74) is 5.88. The molecule has 0 aromatic carbocycles. The van der Waals surface area contributed by atoms with Gasteiger partial charge in [0.2, 0.25) is 0 Å². The molecular formula is C10H13N3O4. The number of carboxylic acid groups (broad SMARTS) is 1. The Morgan fingerprint density at radius 1 is 1.59 bits per heavy atom. The first-order chi connectivity index (χ1) is 8.13. The first-order valence-corrected chi connectivity index (χ1v) is 4.88. The average molecular weight is 239 g/mol. The number of amides is 1. The number of pyridine rings is 1. The Labute approximate surface area is 97.6 Å². The fourth-order valence-corrected chi connectivity index (χ4v) is 1.04. The highest BCUT2D eigenvalue weighted by molar-refractivity contribution is 5.80. The van der Waals surface area contributed by atoms with Crippen molar-refractivity contribution in [3.8, 4) is 0 Å². The number of aromatic nitrogens is 1. The van der Waals surface area contributed by atoms with Crippen LogP contribution in [0.15, 0.2) is 24.5 Å². The molecule has 0 aliphatic carbocycles. The minimum absolute atomic E-state index is 0.0244. The van der Waals surface area contributed by atoms with E-state index in [1.807, 2.05) is 0 Å². The van der Waals surface area contributed by atoms with Gasteiger partial charge in [-0.2, -0.15) is 0 Å². The number of hydrogen-bond acceptors (Lipinski definition) is 5. The molecule has 4 N–H and O–H groups in total. The maximum Gasteiger partial charge on any atom is 0.408 e. The number of aliphatic carboxylic acids is 1. The lowest BCUT2D eigenvalue weighted by Gasteiger charge is -2.12. The Morgan fingerprint density at radius 3 is 2.88 bits per heavy atom. The van der Waals surface area contributed by atoms with Crippen molar-refractivity contribution >= 4 is 12.1 Å². The number of carbonyl (C=O) groups excluding carboxylic acids is 1. The minimum Gasteiger partial charge on any atom is -0.480 e. The molecule has 0 radical (unpaired) electrons. The Morgan fingerprint density at radius 2 is 2.35 bits per heavy atom. The Bertz CT molecular complexity index is 382. The zero-order valence-electron chi connectivity index (χ0n) is 9.00. The van der Waals surface area contributed by atoms with Crippen molar-refractivity contribution in [3.63, 3.8) is 0 Å². The summed E-state index contributed by atoms with van der Waals surface area (Å²) in [5, 5.41) is 10.8. The molecule has 0 saturated carbocycles. The van der Waals surface area contributed by atoms with Crippen LogP contribution >= 0.6 is 0 Å². The molecule has 0 fully saturated rings. The smallest absolute Gasteiger partial charge is 0.408 e. The molecule has 0 bridgehead atoms. The molecular weight excluding hydrogens is 226 g/mol. The van der Waals surface area contributed by atoms with E-state index in [0.29, 0.717) is 5.56 Å².